The summed E-state index contributed by atoms with van der Waals surface area (Å²) in [5.74, 6) is 4.01. The summed E-state index contributed by atoms with van der Waals surface area (Å²) in [6.45, 7) is 5.95. The topological polar surface area (TPSA) is 72.9 Å². The molecule has 4 aliphatic rings. The molecule has 3 atom stereocenters. The number of anilines is 1. The number of hydrogen-bond acceptors (Lipinski definition) is 5. The fourth-order valence-electron chi connectivity index (χ4n) is 7.26. The van der Waals surface area contributed by atoms with E-state index in [1.54, 1.807) is 0 Å². The van der Waals surface area contributed by atoms with Crippen LogP contribution in [-0.2, 0) is 13.5 Å². The van der Waals surface area contributed by atoms with E-state index in [1.807, 2.05) is 24.9 Å². The van der Waals surface area contributed by atoms with Crippen LogP contribution in [0.15, 0.2) is 24.4 Å². The molecule has 2 bridgehead atoms. The predicted octanol–water partition coefficient (Wildman–Crippen LogP) is 4.01. The van der Waals surface area contributed by atoms with Crippen LogP contribution >= 0.6 is 0 Å². The lowest BCUT2D eigenvalue weighted by Gasteiger charge is -2.53. The van der Waals surface area contributed by atoms with Crippen LogP contribution in [0.5, 0.6) is 0 Å². The summed E-state index contributed by atoms with van der Waals surface area (Å²) >= 11 is 0. The zero-order chi connectivity index (χ0) is 21.9. The van der Waals surface area contributed by atoms with Gasteiger partial charge in [-0.15, -0.1) is 10.2 Å². The number of likely N-dealkylation sites (tertiary alicyclic amines) is 1. The largest absolute Gasteiger partial charge is 0.382 e. The summed E-state index contributed by atoms with van der Waals surface area (Å²) < 4.78 is 1.83. The molecule has 3 fully saturated rings. The standard InChI is InChI=1S/C26H36N6/c1-17-23(16-31(2)30-17)24-12-21(25(27)29-28-24)11-19-13-26(14-19)5-7-32(8-6-26)15-22-10-18-3-4-20(22)9-18/h3-4,12,16,18-20,22H,5-11,13-15H2,1-2H3,(H2,27,29). The van der Waals surface area contributed by atoms with Crippen LogP contribution in [0.25, 0.3) is 11.3 Å². The average molecular weight is 433 g/mol. The molecule has 2 N–H and O–H groups in total. The third-order valence-electron chi connectivity index (χ3n) is 8.97. The average Bonchev–Trinajstić information content (AvgIpc) is 3.45. The molecule has 6 heteroatoms. The number of nitrogen functional groups attached to an aromatic ring is 1. The summed E-state index contributed by atoms with van der Waals surface area (Å²) in [5.41, 5.74) is 10.9. The molecule has 0 aromatic carbocycles. The molecule has 32 heavy (non-hydrogen) atoms. The third kappa shape index (κ3) is 3.66. The van der Waals surface area contributed by atoms with Crippen molar-refractivity contribution in [1.29, 1.82) is 0 Å². The van der Waals surface area contributed by atoms with Gasteiger partial charge in [-0.05, 0) is 106 Å². The highest BCUT2D eigenvalue weighted by molar-refractivity contribution is 5.62. The summed E-state index contributed by atoms with van der Waals surface area (Å²) in [5, 5.41) is 13.1. The minimum Gasteiger partial charge on any atom is -0.382 e. The van der Waals surface area contributed by atoms with Crippen LogP contribution in [0, 0.1) is 36.0 Å². The molecule has 2 aromatic rings. The number of allylic oxidation sites excluding steroid dienone is 2. The number of hydrogen-bond donors (Lipinski definition) is 1. The Balaban J connectivity index is 1.03. The van der Waals surface area contributed by atoms with Crippen molar-refractivity contribution in [3.8, 4) is 11.3 Å². The SMILES string of the molecule is Cc1nn(C)cc1-c1cc(CC2CC3(CCN(CC4CC5C=CC4C5)CC3)C2)c(N)nn1. The Morgan fingerprint density at radius 1 is 1.12 bits per heavy atom. The van der Waals surface area contributed by atoms with Crippen molar-refractivity contribution < 1.29 is 0 Å². The van der Waals surface area contributed by atoms with Crippen molar-refractivity contribution in [2.45, 2.75) is 51.9 Å². The maximum atomic E-state index is 6.22. The third-order valence-corrected chi connectivity index (χ3v) is 8.97. The second-order valence-corrected chi connectivity index (χ2v) is 11.3. The van der Waals surface area contributed by atoms with Crippen LogP contribution in [0.1, 0.15) is 49.8 Å². The van der Waals surface area contributed by atoms with Gasteiger partial charge in [0, 0.05) is 25.4 Å². The Morgan fingerprint density at radius 3 is 2.59 bits per heavy atom. The highest BCUT2D eigenvalue weighted by atomic mass is 15.3. The lowest BCUT2D eigenvalue weighted by Crippen LogP contribution is -2.48. The maximum Gasteiger partial charge on any atom is 0.149 e. The summed E-state index contributed by atoms with van der Waals surface area (Å²) in [7, 11) is 1.94. The van der Waals surface area contributed by atoms with Gasteiger partial charge in [-0.1, -0.05) is 12.2 Å². The van der Waals surface area contributed by atoms with Crippen molar-refractivity contribution >= 4 is 5.82 Å². The molecular formula is C26H36N6. The lowest BCUT2D eigenvalue weighted by atomic mass is 9.56. The Labute approximate surface area is 191 Å². The van der Waals surface area contributed by atoms with Crippen LogP contribution in [0.2, 0.25) is 0 Å². The molecule has 0 radical (unpaired) electrons. The van der Waals surface area contributed by atoms with Gasteiger partial charge in [-0.25, -0.2) is 0 Å². The zero-order valence-electron chi connectivity index (χ0n) is 19.5. The van der Waals surface area contributed by atoms with Gasteiger partial charge in [0.2, 0.25) is 0 Å². The van der Waals surface area contributed by atoms with E-state index in [4.69, 9.17) is 5.73 Å². The smallest absolute Gasteiger partial charge is 0.149 e. The van der Waals surface area contributed by atoms with E-state index >= 15 is 0 Å². The number of nitrogens with two attached hydrogens (primary N) is 1. The molecule has 6 nitrogen and oxygen atoms in total. The first-order valence-electron chi connectivity index (χ1n) is 12.5. The first-order chi connectivity index (χ1) is 15.5. The van der Waals surface area contributed by atoms with Crippen molar-refractivity contribution in [3.05, 3.63) is 35.7 Å². The predicted molar refractivity (Wildman–Crippen MR) is 127 cm³/mol. The minimum atomic E-state index is 0.589. The molecule has 170 valence electrons. The zero-order valence-corrected chi connectivity index (χ0v) is 19.5. The molecular weight excluding hydrogens is 396 g/mol. The summed E-state index contributed by atoms with van der Waals surface area (Å²) in [6, 6.07) is 2.14. The second-order valence-electron chi connectivity index (χ2n) is 11.3. The van der Waals surface area contributed by atoms with Gasteiger partial charge in [0.15, 0.2) is 0 Å². The lowest BCUT2D eigenvalue weighted by molar-refractivity contribution is -0.0168. The quantitative estimate of drug-likeness (QED) is 0.723. The molecule has 1 aliphatic heterocycles. The second kappa shape index (κ2) is 7.68. The van der Waals surface area contributed by atoms with E-state index < -0.39 is 0 Å². The number of rotatable bonds is 5. The molecule has 3 heterocycles. The number of fused-ring (bicyclic) bond motifs is 2. The number of aromatic nitrogens is 4. The van der Waals surface area contributed by atoms with E-state index in [1.165, 1.54) is 58.2 Å². The Hall–Kier alpha value is -2.21. The summed E-state index contributed by atoms with van der Waals surface area (Å²) in [6.07, 6.45) is 16.3. The van der Waals surface area contributed by atoms with E-state index in [-0.39, 0.29) is 0 Å². The molecule has 2 aromatic heterocycles. The monoisotopic (exact) mass is 432 g/mol. The first kappa shape index (κ1) is 20.4. The molecule has 2 saturated carbocycles. The molecule has 6 rings (SSSR count). The number of aryl methyl sites for hydroxylation is 2. The molecule has 3 unspecified atom stereocenters. The van der Waals surface area contributed by atoms with Gasteiger partial charge in [-0.2, -0.15) is 5.10 Å². The molecule has 0 amide bonds. The van der Waals surface area contributed by atoms with Crippen LogP contribution in [0.3, 0.4) is 0 Å². The van der Waals surface area contributed by atoms with Crippen molar-refractivity contribution in [3.63, 3.8) is 0 Å². The van der Waals surface area contributed by atoms with Crippen LogP contribution in [0.4, 0.5) is 5.82 Å². The minimum absolute atomic E-state index is 0.589. The molecule has 1 spiro atoms. The van der Waals surface area contributed by atoms with Gasteiger partial charge in [-0.3, -0.25) is 4.68 Å². The fourth-order valence-corrected chi connectivity index (χ4v) is 7.26. The normalized spacial score (nSPS) is 29.1. The van der Waals surface area contributed by atoms with Crippen molar-refractivity contribution in [2.75, 3.05) is 25.4 Å². The Bertz CT molecular complexity index is 1020. The van der Waals surface area contributed by atoms with Gasteiger partial charge in [0.05, 0.1) is 11.4 Å². The van der Waals surface area contributed by atoms with E-state index in [0.29, 0.717) is 11.2 Å². The molecule has 1 saturated heterocycles. The van der Waals surface area contributed by atoms with E-state index in [2.05, 4.69) is 38.4 Å². The van der Waals surface area contributed by atoms with Crippen molar-refractivity contribution in [2.24, 2.45) is 36.1 Å². The Kier molecular flexibility index (Phi) is 4.90. The van der Waals surface area contributed by atoms with Gasteiger partial charge in [0.1, 0.15) is 5.82 Å². The van der Waals surface area contributed by atoms with Gasteiger partial charge in [0.25, 0.3) is 0 Å². The van der Waals surface area contributed by atoms with Crippen molar-refractivity contribution in [1.82, 2.24) is 24.9 Å². The van der Waals surface area contributed by atoms with Gasteiger partial charge < -0.3 is 10.6 Å². The Morgan fingerprint density at radius 2 is 1.94 bits per heavy atom. The van der Waals surface area contributed by atoms with Crippen LogP contribution < -0.4 is 5.73 Å². The van der Waals surface area contributed by atoms with E-state index in [9.17, 15) is 0 Å². The number of nitrogens with zero attached hydrogens (tertiary/aromatic N) is 5. The van der Waals surface area contributed by atoms with Crippen LogP contribution in [-0.4, -0.2) is 44.5 Å². The highest BCUT2D eigenvalue weighted by Crippen LogP contribution is 2.54. The molecule has 3 aliphatic carbocycles. The highest BCUT2D eigenvalue weighted by Gasteiger charge is 2.46. The number of piperidine rings is 1. The fraction of sp³-hybridized carbons (Fsp3) is 0.654. The van der Waals surface area contributed by atoms with Gasteiger partial charge >= 0.3 is 0 Å². The first-order valence-corrected chi connectivity index (χ1v) is 12.5. The maximum absolute atomic E-state index is 6.22. The van der Waals surface area contributed by atoms with E-state index in [0.717, 1.165) is 52.6 Å². The summed E-state index contributed by atoms with van der Waals surface area (Å²) in [4.78, 5) is 2.77.